The minimum atomic E-state index is -0.501. The Kier molecular flexibility index (Phi) is 9.06. The molecule has 4 nitrogen and oxygen atoms in total. The Balaban J connectivity index is 1.55. The third-order valence-electron chi connectivity index (χ3n) is 10.4. The first-order chi connectivity index (χ1) is 22.2. The van der Waals surface area contributed by atoms with E-state index in [1.54, 1.807) is 0 Å². The van der Waals surface area contributed by atoms with Crippen molar-refractivity contribution < 1.29 is 18.9 Å². The lowest BCUT2D eigenvalue weighted by Gasteiger charge is -2.41. The van der Waals surface area contributed by atoms with Crippen molar-refractivity contribution in [3.05, 3.63) is 118 Å². The molecule has 0 atom stereocenters. The fraction of sp³-hybridized carbons (Fsp3) is 0.429. The first kappa shape index (κ1) is 32.3. The van der Waals surface area contributed by atoms with Crippen LogP contribution in [0.1, 0.15) is 93.8 Å². The van der Waals surface area contributed by atoms with Crippen LogP contribution in [0.5, 0.6) is 11.5 Å². The summed E-state index contributed by atoms with van der Waals surface area (Å²) in [5.74, 6) is 1.71. The Morgan fingerprint density at radius 2 is 1.15 bits per heavy atom. The largest absolute Gasteiger partial charge is 0.491 e. The molecule has 0 heterocycles. The number of ether oxygens (including phenoxy) is 4. The van der Waals surface area contributed by atoms with Gasteiger partial charge in [0, 0.05) is 13.2 Å². The second-order valence-corrected chi connectivity index (χ2v) is 14.0. The van der Waals surface area contributed by atoms with E-state index in [9.17, 15) is 0 Å². The highest BCUT2D eigenvalue weighted by atomic mass is 16.5. The molecule has 4 heteroatoms. The minimum Gasteiger partial charge on any atom is -0.491 e. The maximum atomic E-state index is 6.07. The van der Waals surface area contributed by atoms with Crippen LogP contribution in [-0.2, 0) is 32.1 Å². The molecule has 0 bridgehead atoms. The lowest BCUT2D eigenvalue weighted by Crippen LogP contribution is -2.34. The molecule has 0 radical (unpaired) electrons. The summed E-state index contributed by atoms with van der Waals surface area (Å²) in [6, 6.07) is 29.8. The first-order valence-corrected chi connectivity index (χ1v) is 17.1. The van der Waals surface area contributed by atoms with Gasteiger partial charge in [-0.1, -0.05) is 89.2 Å². The van der Waals surface area contributed by atoms with Crippen molar-refractivity contribution >= 4 is 0 Å². The van der Waals surface area contributed by atoms with Crippen LogP contribution in [0.2, 0.25) is 0 Å². The van der Waals surface area contributed by atoms with E-state index in [2.05, 4.69) is 113 Å². The molecular formula is C42H50O4. The van der Waals surface area contributed by atoms with Gasteiger partial charge in [-0.3, -0.25) is 0 Å². The van der Waals surface area contributed by atoms with Crippen LogP contribution in [0.3, 0.4) is 0 Å². The van der Waals surface area contributed by atoms with Gasteiger partial charge in [0.2, 0.25) is 0 Å². The van der Waals surface area contributed by atoms with Gasteiger partial charge in [0.25, 0.3) is 0 Å². The quantitative estimate of drug-likeness (QED) is 0.116. The van der Waals surface area contributed by atoms with Crippen molar-refractivity contribution in [2.75, 3.05) is 39.6 Å². The number of rotatable bonds is 14. The van der Waals surface area contributed by atoms with Crippen LogP contribution in [-0.4, -0.2) is 39.6 Å². The van der Waals surface area contributed by atoms with Gasteiger partial charge in [0.15, 0.2) is 0 Å². The number of fused-ring (bicyclic) bond motifs is 4. The fourth-order valence-corrected chi connectivity index (χ4v) is 7.39. The second-order valence-electron chi connectivity index (χ2n) is 14.0. The molecule has 0 unspecified atom stereocenters. The maximum Gasteiger partial charge on any atom is 0.119 e. The van der Waals surface area contributed by atoms with Gasteiger partial charge in [-0.15, -0.1) is 0 Å². The summed E-state index contributed by atoms with van der Waals surface area (Å²) in [4.78, 5) is 0. The lowest BCUT2D eigenvalue weighted by molar-refractivity contribution is 0.110. The number of hydrogen-bond donors (Lipinski definition) is 0. The molecule has 0 amide bonds. The number of benzene rings is 4. The summed E-state index contributed by atoms with van der Waals surface area (Å²) in [6.07, 6.45) is 2.18. The van der Waals surface area contributed by atoms with Crippen molar-refractivity contribution in [3.63, 3.8) is 0 Å². The molecule has 46 heavy (non-hydrogen) atoms. The van der Waals surface area contributed by atoms with Crippen molar-refractivity contribution in [2.24, 2.45) is 0 Å². The molecule has 0 saturated carbocycles. The Hall–Kier alpha value is -3.60. The summed E-state index contributed by atoms with van der Waals surface area (Å²) in [6.45, 7) is 19.4. The molecule has 0 fully saturated rings. The van der Waals surface area contributed by atoms with Crippen LogP contribution in [0.25, 0.3) is 11.1 Å². The summed E-state index contributed by atoms with van der Waals surface area (Å²) in [7, 11) is 0. The minimum absolute atomic E-state index is 0.0539. The molecule has 0 saturated heterocycles. The molecular weight excluding hydrogens is 568 g/mol. The molecule has 0 aromatic heterocycles. The Labute approximate surface area is 276 Å². The molecule has 2 aliphatic rings. The van der Waals surface area contributed by atoms with E-state index in [1.807, 2.05) is 13.8 Å². The van der Waals surface area contributed by atoms with E-state index in [1.165, 1.54) is 50.1 Å². The van der Waals surface area contributed by atoms with Crippen LogP contribution in [0.15, 0.2) is 78.9 Å². The SMILES string of the molecule is CCOCCOc1ccc(C2(c3ccc(OCCOCC)cc3)c3cc(C(C)(C)CC)ccc3-c3cc4c(cc32)C(C)(C)C4)cc1. The average Bonchev–Trinajstić information content (AvgIpc) is 3.34. The zero-order chi connectivity index (χ0) is 32.5. The van der Waals surface area contributed by atoms with Gasteiger partial charge >= 0.3 is 0 Å². The lowest BCUT2D eigenvalue weighted by atomic mass is 9.62. The molecule has 0 spiro atoms. The topological polar surface area (TPSA) is 36.9 Å². The van der Waals surface area contributed by atoms with E-state index in [4.69, 9.17) is 18.9 Å². The van der Waals surface area contributed by atoms with Gasteiger partial charge in [-0.05, 0) is 112 Å². The maximum absolute atomic E-state index is 6.07. The highest BCUT2D eigenvalue weighted by Crippen LogP contribution is 2.59. The third-order valence-corrected chi connectivity index (χ3v) is 10.4. The van der Waals surface area contributed by atoms with Crippen molar-refractivity contribution in [1.82, 2.24) is 0 Å². The molecule has 4 aromatic carbocycles. The molecule has 2 aliphatic carbocycles. The molecule has 6 rings (SSSR count). The van der Waals surface area contributed by atoms with Gasteiger partial charge in [0.05, 0.1) is 18.6 Å². The van der Waals surface area contributed by atoms with Crippen molar-refractivity contribution in [1.29, 1.82) is 0 Å². The van der Waals surface area contributed by atoms with E-state index in [0.717, 1.165) is 24.3 Å². The Morgan fingerprint density at radius 3 is 1.65 bits per heavy atom. The van der Waals surface area contributed by atoms with E-state index >= 15 is 0 Å². The summed E-state index contributed by atoms with van der Waals surface area (Å²) >= 11 is 0. The molecule has 242 valence electrons. The van der Waals surface area contributed by atoms with Crippen LogP contribution < -0.4 is 9.47 Å². The van der Waals surface area contributed by atoms with Crippen LogP contribution in [0, 0.1) is 0 Å². The highest BCUT2D eigenvalue weighted by Gasteiger charge is 2.49. The molecule has 0 N–H and O–H groups in total. The Bertz CT molecular complexity index is 1610. The van der Waals surface area contributed by atoms with Crippen LogP contribution >= 0.6 is 0 Å². The summed E-state index contributed by atoms with van der Waals surface area (Å²) < 4.78 is 23.2. The zero-order valence-electron chi connectivity index (χ0n) is 28.8. The Morgan fingerprint density at radius 1 is 0.609 bits per heavy atom. The van der Waals surface area contributed by atoms with E-state index in [0.29, 0.717) is 39.6 Å². The highest BCUT2D eigenvalue weighted by molar-refractivity contribution is 5.88. The van der Waals surface area contributed by atoms with Gasteiger partial charge in [-0.25, -0.2) is 0 Å². The standard InChI is InChI=1S/C42H50O4/c1-8-40(4,5)32-15-20-35-36-25-29-28-41(6,7)37(29)27-39(36)42(38(35)26-32,30-11-16-33(17-12-30)45-23-21-43-9-2)31-13-18-34(19-14-31)46-24-22-44-10-3/h11-20,25-27H,8-10,21-24,28H2,1-7H3. The van der Waals surface area contributed by atoms with Crippen molar-refractivity contribution in [3.8, 4) is 22.6 Å². The third kappa shape index (κ3) is 5.65. The second kappa shape index (κ2) is 12.9. The predicted molar refractivity (Wildman–Crippen MR) is 188 cm³/mol. The van der Waals surface area contributed by atoms with Gasteiger partial charge < -0.3 is 18.9 Å². The monoisotopic (exact) mass is 618 g/mol. The summed E-state index contributed by atoms with van der Waals surface area (Å²) in [5, 5.41) is 0. The first-order valence-electron chi connectivity index (χ1n) is 17.1. The molecule has 0 aliphatic heterocycles. The summed E-state index contributed by atoms with van der Waals surface area (Å²) in [5.41, 5.74) is 11.9. The van der Waals surface area contributed by atoms with Crippen LogP contribution in [0.4, 0.5) is 0 Å². The van der Waals surface area contributed by atoms with Crippen molar-refractivity contribution in [2.45, 2.75) is 77.6 Å². The normalized spacial score (nSPS) is 15.5. The van der Waals surface area contributed by atoms with Gasteiger partial charge in [-0.2, -0.15) is 0 Å². The average molecular weight is 619 g/mol. The van der Waals surface area contributed by atoms with Gasteiger partial charge in [0.1, 0.15) is 24.7 Å². The van der Waals surface area contributed by atoms with E-state index < -0.39 is 5.41 Å². The smallest absolute Gasteiger partial charge is 0.119 e. The molecule has 4 aromatic rings. The zero-order valence-corrected chi connectivity index (χ0v) is 28.8. The number of hydrogen-bond acceptors (Lipinski definition) is 4. The fourth-order valence-electron chi connectivity index (χ4n) is 7.39. The predicted octanol–water partition coefficient (Wildman–Crippen LogP) is 9.40. The van der Waals surface area contributed by atoms with E-state index in [-0.39, 0.29) is 10.8 Å².